The average molecular weight is 249 g/mol. The molecule has 5 nitrogen and oxygen atoms in total. The van der Waals surface area contributed by atoms with Crippen LogP contribution in [0.2, 0.25) is 0 Å². The van der Waals surface area contributed by atoms with Gasteiger partial charge in [-0.05, 0) is 30.9 Å². The van der Waals surface area contributed by atoms with Crippen LogP contribution >= 0.6 is 0 Å². The minimum Gasteiger partial charge on any atom is -0.385 e. The molecule has 1 aromatic rings. The largest absolute Gasteiger partial charge is 0.385 e. The molecular weight excluding hydrogens is 230 g/mol. The van der Waals surface area contributed by atoms with E-state index in [0.29, 0.717) is 11.6 Å². The molecule has 2 rings (SSSR count). The molecule has 18 heavy (non-hydrogen) atoms. The smallest absolute Gasteiger partial charge is 0.269 e. The average Bonchev–Trinajstić information content (AvgIpc) is 2.91. The molecule has 1 aromatic heterocycles. The van der Waals surface area contributed by atoms with Crippen LogP contribution in [-0.4, -0.2) is 37.7 Å². The Morgan fingerprint density at radius 2 is 2.50 bits per heavy atom. The van der Waals surface area contributed by atoms with E-state index in [4.69, 9.17) is 4.74 Å². The molecule has 1 fully saturated rings. The number of anilines is 1. The molecular formula is C13H19N3O2. The van der Waals surface area contributed by atoms with Gasteiger partial charge in [0.05, 0.1) is 0 Å². The molecule has 1 saturated heterocycles. The zero-order valence-electron chi connectivity index (χ0n) is 10.6. The number of amides is 1. The van der Waals surface area contributed by atoms with Crippen molar-refractivity contribution in [2.75, 3.05) is 32.1 Å². The van der Waals surface area contributed by atoms with Gasteiger partial charge in [-0.1, -0.05) is 0 Å². The van der Waals surface area contributed by atoms with Gasteiger partial charge in [-0.2, -0.15) is 0 Å². The molecule has 0 spiro atoms. The molecule has 1 atom stereocenters. The fourth-order valence-corrected chi connectivity index (χ4v) is 2.02. The molecule has 2 heterocycles. The maximum absolute atomic E-state index is 11.4. The van der Waals surface area contributed by atoms with Crippen molar-refractivity contribution in [2.24, 2.45) is 5.92 Å². The van der Waals surface area contributed by atoms with Crippen LogP contribution in [0.3, 0.4) is 0 Å². The Bertz CT molecular complexity index is 403. The summed E-state index contributed by atoms with van der Waals surface area (Å²) >= 11 is 0. The normalized spacial score (nSPS) is 18.6. The molecule has 98 valence electrons. The van der Waals surface area contributed by atoms with Crippen LogP contribution in [0.1, 0.15) is 23.3 Å². The Labute approximate surface area is 107 Å². The predicted molar refractivity (Wildman–Crippen MR) is 69.7 cm³/mol. The number of ether oxygens (including phenoxy) is 1. The second kappa shape index (κ2) is 6.35. The first-order chi connectivity index (χ1) is 8.79. The van der Waals surface area contributed by atoms with Gasteiger partial charge in [-0.3, -0.25) is 9.78 Å². The number of hydrogen-bond acceptors (Lipinski definition) is 4. The van der Waals surface area contributed by atoms with Crippen molar-refractivity contribution in [3.05, 3.63) is 24.0 Å². The second-order valence-corrected chi connectivity index (χ2v) is 4.45. The maximum Gasteiger partial charge on any atom is 0.269 e. The lowest BCUT2D eigenvalue weighted by Gasteiger charge is -2.10. The molecule has 1 aliphatic rings. The number of carbonyl (C=O) groups excluding carboxylic acids is 1. The van der Waals surface area contributed by atoms with Crippen molar-refractivity contribution in [3.8, 4) is 0 Å². The Morgan fingerprint density at radius 1 is 1.61 bits per heavy atom. The lowest BCUT2D eigenvalue weighted by atomic mass is 10.1. The third-order valence-corrected chi connectivity index (χ3v) is 3.13. The maximum atomic E-state index is 11.4. The fourth-order valence-electron chi connectivity index (χ4n) is 2.02. The number of aromatic nitrogens is 1. The monoisotopic (exact) mass is 249 g/mol. The van der Waals surface area contributed by atoms with Crippen molar-refractivity contribution in [1.82, 2.24) is 10.3 Å². The minimum atomic E-state index is -0.164. The molecule has 0 aliphatic carbocycles. The number of hydrogen-bond donors (Lipinski definition) is 2. The van der Waals surface area contributed by atoms with E-state index in [9.17, 15) is 4.79 Å². The number of rotatable bonds is 5. The Balaban J connectivity index is 1.83. The van der Waals surface area contributed by atoms with Gasteiger partial charge in [0.25, 0.3) is 5.91 Å². The van der Waals surface area contributed by atoms with E-state index in [1.807, 2.05) is 6.07 Å². The van der Waals surface area contributed by atoms with Gasteiger partial charge >= 0.3 is 0 Å². The molecule has 1 amide bonds. The lowest BCUT2D eigenvalue weighted by Crippen LogP contribution is -2.19. The number of nitrogens with one attached hydrogen (secondary N) is 2. The van der Waals surface area contributed by atoms with Gasteiger partial charge in [0.15, 0.2) is 0 Å². The molecule has 0 saturated carbocycles. The third-order valence-electron chi connectivity index (χ3n) is 3.13. The van der Waals surface area contributed by atoms with E-state index in [1.165, 1.54) is 0 Å². The van der Waals surface area contributed by atoms with E-state index < -0.39 is 0 Å². The molecule has 2 N–H and O–H groups in total. The highest BCUT2D eigenvalue weighted by molar-refractivity contribution is 5.92. The summed E-state index contributed by atoms with van der Waals surface area (Å²) in [6.45, 7) is 2.66. The van der Waals surface area contributed by atoms with Crippen LogP contribution in [0, 0.1) is 5.92 Å². The zero-order chi connectivity index (χ0) is 12.8. The first-order valence-corrected chi connectivity index (χ1v) is 6.29. The second-order valence-electron chi connectivity index (χ2n) is 4.45. The van der Waals surface area contributed by atoms with Crippen molar-refractivity contribution in [3.63, 3.8) is 0 Å². The first kappa shape index (κ1) is 12.8. The van der Waals surface area contributed by atoms with Crippen LogP contribution in [0.15, 0.2) is 18.3 Å². The Kier molecular flexibility index (Phi) is 4.52. The number of pyridine rings is 1. The van der Waals surface area contributed by atoms with Gasteiger partial charge in [0.2, 0.25) is 0 Å². The highest BCUT2D eigenvalue weighted by Gasteiger charge is 2.14. The van der Waals surface area contributed by atoms with Crippen LogP contribution in [-0.2, 0) is 4.74 Å². The van der Waals surface area contributed by atoms with E-state index >= 15 is 0 Å². The summed E-state index contributed by atoms with van der Waals surface area (Å²) in [5.41, 5.74) is 1.37. The SMILES string of the molecule is CNC(=O)c1cc(NCCC2CCOC2)ccn1. The molecule has 1 unspecified atom stereocenters. The summed E-state index contributed by atoms with van der Waals surface area (Å²) in [5.74, 6) is 0.501. The number of carbonyl (C=O) groups is 1. The van der Waals surface area contributed by atoms with Gasteiger partial charge in [0, 0.05) is 38.7 Å². The van der Waals surface area contributed by atoms with Crippen molar-refractivity contribution < 1.29 is 9.53 Å². The summed E-state index contributed by atoms with van der Waals surface area (Å²) in [5, 5.41) is 5.88. The first-order valence-electron chi connectivity index (χ1n) is 6.29. The van der Waals surface area contributed by atoms with E-state index in [-0.39, 0.29) is 5.91 Å². The fraction of sp³-hybridized carbons (Fsp3) is 0.538. The summed E-state index contributed by atoms with van der Waals surface area (Å²) in [7, 11) is 1.60. The third kappa shape index (κ3) is 3.43. The van der Waals surface area contributed by atoms with Crippen molar-refractivity contribution in [2.45, 2.75) is 12.8 Å². The minimum absolute atomic E-state index is 0.164. The van der Waals surface area contributed by atoms with E-state index in [0.717, 1.165) is 38.3 Å². The van der Waals surface area contributed by atoms with Gasteiger partial charge < -0.3 is 15.4 Å². The topological polar surface area (TPSA) is 63.2 Å². The molecule has 5 heteroatoms. The quantitative estimate of drug-likeness (QED) is 0.825. The molecule has 1 aliphatic heterocycles. The van der Waals surface area contributed by atoms with Crippen molar-refractivity contribution in [1.29, 1.82) is 0 Å². The molecule has 0 radical (unpaired) electrons. The van der Waals surface area contributed by atoms with E-state index in [2.05, 4.69) is 15.6 Å². The van der Waals surface area contributed by atoms with Gasteiger partial charge in [0.1, 0.15) is 5.69 Å². The lowest BCUT2D eigenvalue weighted by molar-refractivity contribution is 0.0958. The van der Waals surface area contributed by atoms with E-state index in [1.54, 1.807) is 19.3 Å². The van der Waals surface area contributed by atoms with Crippen molar-refractivity contribution >= 4 is 11.6 Å². The number of nitrogens with zero attached hydrogens (tertiary/aromatic N) is 1. The summed E-state index contributed by atoms with van der Waals surface area (Å²) < 4.78 is 5.33. The van der Waals surface area contributed by atoms with Gasteiger partial charge in [-0.15, -0.1) is 0 Å². The summed E-state index contributed by atoms with van der Waals surface area (Å²) in [4.78, 5) is 15.5. The van der Waals surface area contributed by atoms with Crippen LogP contribution in [0.5, 0.6) is 0 Å². The Morgan fingerprint density at radius 3 is 3.22 bits per heavy atom. The predicted octanol–water partition coefficient (Wildman–Crippen LogP) is 1.28. The van der Waals surface area contributed by atoms with Crippen LogP contribution in [0.4, 0.5) is 5.69 Å². The highest BCUT2D eigenvalue weighted by Crippen LogP contribution is 2.16. The highest BCUT2D eigenvalue weighted by atomic mass is 16.5. The molecule has 0 bridgehead atoms. The summed E-state index contributed by atoms with van der Waals surface area (Å²) in [6, 6.07) is 3.64. The van der Waals surface area contributed by atoms with Crippen LogP contribution < -0.4 is 10.6 Å². The zero-order valence-corrected chi connectivity index (χ0v) is 10.6. The standard InChI is InChI=1S/C13H19N3O2/c1-14-13(17)12-8-11(3-6-16-12)15-5-2-10-4-7-18-9-10/h3,6,8,10H,2,4-5,7,9H2,1H3,(H,14,17)(H,15,16). The Hall–Kier alpha value is -1.62. The van der Waals surface area contributed by atoms with Gasteiger partial charge in [-0.25, -0.2) is 0 Å². The molecule has 0 aromatic carbocycles. The summed E-state index contributed by atoms with van der Waals surface area (Å²) in [6.07, 6.45) is 3.89. The van der Waals surface area contributed by atoms with Crippen LogP contribution in [0.25, 0.3) is 0 Å².